The Labute approximate surface area is 118 Å². The number of thiazole rings is 1. The van der Waals surface area contributed by atoms with Crippen molar-refractivity contribution >= 4 is 34.4 Å². The molecule has 0 aliphatic heterocycles. The minimum Gasteiger partial charge on any atom is -0.362 e. The molecule has 8 heteroatoms. The standard InChI is InChI=1S/C11H11ClN4O2S/c1-6-7(2)19-10(15-6)5-14-11-9(12)3-8(4-13-11)16(17)18/h3-4H,5H2,1-2H3,(H,13,14). The summed E-state index contributed by atoms with van der Waals surface area (Å²) >= 11 is 7.52. The van der Waals surface area contributed by atoms with Crippen LogP contribution in [0, 0.1) is 24.0 Å². The Morgan fingerprint density at radius 3 is 2.79 bits per heavy atom. The molecule has 100 valence electrons. The van der Waals surface area contributed by atoms with Gasteiger partial charge in [-0.1, -0.05) is 11.6 Å². The van der Waals surface area contributed by atoms with E-state index in [2.05, 4.69) is 15.3 Å². The highest BCUT2D eigenvalue weighted by atomic mass is 35.5. The molecule has 19 heavy (non-hydrogen) atoms. The predicted molar refractivity (Wildman–Crippen MR) is 74.8 cm³/mol. The van der Waals surface area contributed by atoms with Crippen LogP contribution in [0.15, 0.2) is 12.3 Å². The van der Waals surface area contributed by atoms with Gasteiger partial charge in [-0.2, -0.15) is 0 Å². The first-order valence-electron chi connectivity index (χ1n) is 5.44. The zero-order valence-corrected chi connectivity index (χ0v) is 11.9. The molecule has 2 heterocycles. The van der Waals surface area contributed by atoms with E-state index in [4.69, 9.17) is 11.6 Å². The molecule has 0 atom stereocenters. The third-order valence-corrected chi connectivity index (χ3v) is 3.88. The lowest BCUT2D eigenvalue weighted by molar-refractivity contribution is -0.385. The summed E-state index contributed by atoms with van der Waals surface area (Å²) in [5, 5.41) is 14.7. The first kappa shape index (κ1) is 13.7. The van der Waals surface area contributed by atoms with Crippen LogP contribution in [0.1, 0.15) is 15.6 Å². The number of hydrogen-bond donors (Lipinski definition) is 1. The highest BCUT2D eigenvalue weighted by Crippen LogP contribution is 2.25. The van der Waals surface area contributed by atoms with Crippen LogP contribution in [-0.2, 0) is 6.54 Å². The molecule has 0 unspecified atom stereocenters. The average Bonchev–Trinajstić information content (AvgIpc) is 2.67. The van der Waals surface area contributed by atoms with Crippen molar-refractivity contribution in [3.8, 4) is 0 Å². The Kier molecular flexibility index (Phi) is 3.96. The molecule has 0 saturated heterocycles. The van der Waals surface area contributed by atoms with E-state index in [-0.39, 0.29) is 10.7 Å². The van der Waals surface area contributed by atoms with Gasteiger partial charge in [0.05, 0.1) is 22.2 Å². The van der Waals surface area contributed by atoms with Gasteiger partial charge in [0.25, 0.3) is 5.69 Å². The summed E-state index contributed by atoms with van der Waals surface area (Å²) in [4.78, 5) is 19.5. The van der Waals surface area contributed by atoms with Gasteiger partial charge in [-0.25, -0.2) is 9.97 Å². The average molecular weight is 299 g/mol. The van der Waals surface area contributed by atoms with Crippen LogP contribution in [0.4, 0.5) is 11.5 Å². The minimum atomic E-state index is -0.532. The van der Waals surface area contributed by atoms with Crippen molar-refractivity contribution < 1.29 is 4.92 Å². The molecule has 2 rings (SSSR count). The predicted octanol–water partition coefficient (Wildman–Crippen LogP) is 3.33. The third-order valence-electron chi connectivity index (χ3n) is 2.52. The minimum absolute atomic E-state index is 0.128. The molecular formula is C11H11ClN4O2S. The van der Waals surface area contributed by atoms with E-state index in [0.29, 0.717) is 12.4 Å². The van der Waals surface area contributed by atoms with Gasteiger partial charge in [-0.3, -0.25) is 10.1 Å². The fraction of sp³-hybridized carbons (Fsp3) is 0.273. The van der Waals surface area contributed by atoms with Crippen LogP contribution in [-0.4, -0.2) is 14.9 Å². The SMILES string of the molecule is Cc1nc(CNc2ncc([N+](=O)[O-])cc2Cl)sc1C. The molecule has 0 aromatic carbocycles. The maximum Gasteiger partial charge on any atom is 0.289 e. The van der Waals surface area contributed by atoms with Crippen LogP contribution in [0.5, 0.6) is 0 Å². The lowest BCUT2D eigenvalue weighted by atomic mass is 10.4. The van der Waals surface area contributed by atoms with E-state index in [9.17, 15) is 10.1 Å². The number of halogens is 1. The van der Waals surface area contributed by atoms with Gasteiger partial charge in [-0.15, -0.1) is 11.3 Å². The van der Waals surface area contributed by atoms with Crippen LogP contribution in [0.2, 0.25) is 5.02 Å². The summed E-state index contributed by atoms with van der Waals surface area (Å²) in [6.45, 7) is 4.45. The summed E-state index contributed by atoms with van der Waals surface area (Å²) in [7, 11) is 0. The van der Waals surface area contributed by atoms with Gasteiger partial charge < -0.3 is 5.32 Å². The van der Waals surface area contributed by atoms with E-state index >= 15 is 0 Å². The van der Waals surface area contributed by atoms with Crippen LogP contribution in [0.25, 0.3) is 0 Å². The Balaban J connectivity index is 2.09. The molecule has 0 saturated carbocycles. The quantitative estimate of drug-likeness (QED) is 0.691. The van der Waals surface area contributed by atoms with Crippen molar-refractivity contribution in [1.29, 1.82) is 0 Å². The molecule has 2 aromatic rings. The second kappa shape index (κ2) is 5.50. The van der Waals surface area contributed by atoms with E-state index in [0.717, 1.165) is 10.7 Å². The molecule has 0 aliphatic rings. The van der Waals surface area contributed by atoms with Gasteiger partial charge in [0.15, 0.2) is 0 Å². The van der Waals surface area contributed by atoms with E-state index < -0.39 is 4.92 Å². The number of aryl methyl sites for hydroxylation is 2. The summed E-state index contributed by atoms with van der Waals surface area (Å²) < 4.78 is 0. The maximum absolute atomic E-state index is 10.6. The second-order valence-corrected chi connectivity index (χ2v) is 5.58. The van der Waals surface area contributed by atoms with Gasteiger partial charge in [0, 0.05) is 10.9 Å². The van der Waals surface area contributed by atoms with Crippen molar-refractivity contribution in [2.45, 2.75) is 20.4 Å². The number of nitrogens with zero attached hydrogens (tertiary/aromatic N) is 3. The van der Waals surface area contributed by atoms with Crippen molar-refractivity contribution in [2.75, 3.05) is 5.32 Å². The Morgan fingerprint density at radius 2 is 2.26 bits per heavy atom. The molecule has 0 fully saturated rings. The highest BCUT2D eigenvalue weighted by Gasteiger charge is 2.11. The number of nitro groups is 1. The maximum atomic E-state index is 10.6. The number of anilines is 1. The van der Waals surface area contributed by atoms with E-state index in [1.807, 2.05) is 13.8 Å². The largest absolute Gasteiger partial charge is 0.362 e. The lowest BCUT2D eigenvalue weighted by Gasteiger charge is -2.04. The molecule has 0 spiro atoms. The monoisotopic (exact) mass is 298 g/mol. The van der Waals surface area contributed by atoms with Crippen LogP contribution < -0.4 is 5.32 Å². The summed E-state index contributed by atoms with van der Waals surface area (Å²) in [6, 6.07) is 1.27. The van der Waals surface area contributed by atoms with E-state index in [1.54, 1.807) is 11.3 Å². The Bertz CT molecular complexity index is 610. The first-order chi connectivity index (χ1) is 8.97. The van der Waals surface area contributed by atoms with Crippen molar-refractivity contribution in [3.05, 3.63) is 43.0 Å². The Morgan fingerprint density at radius 1 is 1.53 bits per heavy atom. The van der Waals surface area contributed by atoms with Gasteiger partial charge in [0.1, 0.15) is 17.0 Å². The number of rotatable bonds is 4. The molecule has 0 aliphatic carbocycles. The fourth-order valence-corrected chi connectivity index (χ4v) is 2.53. The lowest BCUT2D eigenvalue weighted by Crippen LogP contribution is -2.02. The molecular weight excluding hydrogens is 288 g/mol. The van der Waals surface area contributed by atoms with Gasteiger partial charge in [-0.05, 0) is 13.8 Å². The smallest absolute Gasteiger partial charge is 0.289 e. The number of aromatic nitrogens is 2. The zero-order chi connectivity index (χ0) is 14.0. The molecule has 0 radical (unpaired) electrons. The molecule has 0 amide bonds. The van der Waals surface area contributed by atoms with Gasteiger partial charge >= 0.3 is 0 Å². The normalized spacial score (nSPS) is 10.5. The summed E-state index contributed by atoms with van der Waals surface area (Å²) in [6.07, 6.45) is 1.17. The molecule has 1 N–H and O–H groups in total. The summed E-state index contributed by atoms with van der Waals surface area (Å²) in [5.74, 6) is 0.415. The van der Waals surface area contributed by atoms with Crippen LogP contribution >= 0.6 is 22.9 Å². The number of pyridine rings is 1. The molecule has 0 bridgehead atoms. The van der Waals surface area contributed by atoms with Crippen molar-refractivity contribution in [3.63, 3.8) is 0 Å². The second-order valence-electron chi connectivity index (χ2n) is 3.88. The van der Waals surface area contributed by atoms with E-state index in [1.165, 1.54) is 17.1 Å². The van der Waals surface area contributed by atoms with Crippen molar-refractivity contribution in [1.82, 2.24) is 9.97 Å². The highest BCUT2D eigenvalue weighted by molar-refractivity contribution is 7.11. The zero-order valence-electron chi connectivity index (χ0n) is 10.3. The topological polar surface area (TPSA) is 81.0 Å². The molecule has 2 aromatic heterocycles. The number of nitrogens with one attached hydrogen (secondary N) is 1. The fourth-order valence-electron chi connectivity index (χ4n) is 1.43. The van der Waals surface area contributed by atoms with Crippen molar-refractivity contribution in [2.24, 2.45) is 0 Å². The third kappa shape index (κ3) is 3.18. The number of hydrogen-bond acceptors (Lipinski definition) is 6. The first-order valence-corrected chi connectivity index (χ1v) is 6.63. The Hall–Kier alpha value is -1.73. The molecule has 6 nitrogen and oxygen atoms in total. The van der Waals surface area contributed by atoms with Crippen LogP contribution in [0.3, 0.4) is 0 Å². The van der Waals surface area contributed by atoms with Gasteiger partial charge in [0.2, 0.25) is 0 Å². The summed E-state index contributed by atoms with van der Waals surface area (Å²) in [5.41, 5.74) is 0.876.